The first-order valence-corrected chi connectivity index (χ1v) is 11.2. The summed E-state index contributed by atoms with van der Waals surface area (Å²) in [6.07, 6.45) is -2.65. The van der Waals surface area contributed by atoms with Gasteiger partial charge in [0.2, 0.25) is 11.8 Å². The lowest BCUT2D eigenvalue weighted by atomic mass is 10.1. The van der Waals surface area contributed by atoms with E-state index in [4.69, 9.17) is 5.73 Å². The number of ether oxygens (including phenoxy) is 1. The smallest absolute Gasteiger partial charge is 0.403 e. The van der Waals surface area contributed by atoms with E-state index in [2.05, 4.69) is 20.1 Å². The van der Waals surface area contributed by atoms with Crippen molar-refractivity contribution in [1.29, 1.82) is 0 Å². The van der Waals surface area contributed by atoms with Gasteiger partial charge in [0.25, 0.3) is 5.91 Å². The molecule has 1 aromatic carbocycles. The van der Waals surface area contributed by atoms with E-state index in [9.17, 15) is 31.9 Å². The van der Waals surface area contributed by atoms with Crippen molar-refractivity contribution in [3.05, 3.63) is 47.7 Å². The van der Waals surface area contributed by atoms with Crippen LogP contribution in [0.1, 0.15) is 29.0 Å². The van der Waals surface area contributed by atoms with Gasteiger partial charge in [-0.3, -0.25) is 24.0 Å². The molecule has 37 heavy (non-hydrogen) atoms. The Labute approximate surface area is 206 Å². The summed E-state index contributed by atoms with van der Waals surface area (Å²) in [5.74, 6) is -4.40. The SMILES string of the molecule is Cc1cc2c(C(N)=O)nn(CC(=O)N3[C@@H]4C[C@@H]4C[C@H]3C(=O)Nc3cccc(OC(F)(F)F)c3F)c2cn1. The quantitative estimate of drug-likeness (QED) is 0.480. The molecule has 14 heteroatoms. The number of halogens is 4. The van der Waals surface area contributed by atoms with E-state index in [0.717, 1.165) is 18.2 Å². The minimum Gasteiger partial charge on any atom is -0.403 e. The maximum atomic E-state index is 14.5. The maximum Gasteiger partial charge on any atom is 0.573 e. The van der Waals surface area contributed by atoms with Crippen molar-refractivity contribution >= 4 is 34.3 Å². The van der Waals surface area contributed by atoms with Gasteiger partial charge in [0, 0.05) is 17.1 Å². The van der Waals surface area contributed by atoms with Gasteiger partial charge in [0.1, 0.15) is 12.6 Å². The highest BCUT2D eigenvalue weighted by Gasteiger charge is 2.56. The molecule has 5 rings (SSSR count). The van der Waals surface area contributed by atoms with Crippen LogP contribution in [0.25, 0.3) is 10.9 Å². The summed E-state index contributed by atoms with van der Waals surface area (Å²) < 4.78 is 57.1. The van der Waals surface area contributed by atoms with E-state index in [0.29, 0.717) is 29.4 Å². The van der Waals surface area contributed by atoms with Crippen LogP contribution in [0.3, 0.4) is 0 Å². The van der Waals surface area contributed by atoms with Crippen LogP contribution in [-0.4, -0.2) is 55.8 Å². The fraction of sp³-hybridized carbons (Fsp3) is 0.348. The second-order valence-electron chi connectivity index (χ2n) is 8.98. The number of rotatable bonds is 6. The monoisotopic (exact) mass is 520 g/mol. The molecule has 2 fully saturated rings. The number of alkyl halides is 3. The number of amides is 3. The average Bonchev–Trinajstić information content (AvgIpc) is 3.32. The summed E-state index contributed by atoms with van der Waals surface area (Å²) in [5.41, 5.74) is 5.93. The maximum absolute atomic E-state index is 14.5. The molecule has 1 saturated carbocycles. The molecule has 1 aliphatic heterocycles. The zero-order valence-corrected chi connectivity index (χ0v) is 19.3. The lowest BCUT2D eigenvalue weighted by Crippen LogP contribution is -2.46. The van der Waals surface area contributed by atoms with Gasteiger partial charge in [-0.25, -0.2) is 4.39 Å². The number of carbonyl (C=O) groups is 3. The van der Waals surface area contributed by atoms with Crippen LogP contribution in [0, 0.1) is 18.7 Å². The summed E-state index contributed by atoms with van der Waals surface area (Å²) in [6, 6.07) is 3.42. The number of carbonyl (C=O) groups excluding carboxylic acids is 3. The molecule has 0 bridgehead atoms. The Morgan fingerprint density at radius 2 is 2.00 bits per heavy atom. The van der Waals surface area contributed by atoms with Crippen LogP contribution >= 0.6 is 0 Å². The Kier molecular flexibility index (Phi) is 5.76. The van der Waals surface area contributed by atoms with Gasteiger partial charge in [-0.05, 0) is 43.9 Å². The number of nitrogens with two attached hydrogens (primary N) is 1. The number of hydrogen-bond acceptors (Lipinski definition) is 6. The van der Waals surface area contributed by atoms with Crippen molar-refractivity contribution in [2.75, 3.05) is 5.32 Å². The van der Waals surface area contributed by atoms with Gasteiger partial charge in [-0.2, -0.15) is 5.10 Å². The molecule has 0 radical (unpaired) electrons. The summed E-state index contributed by atoms with van der Waals surface area (Å²) >= 11 is 0. The summed E-state index contributed by atoms with van der Waals surface area (Å²) in [6.45, 7) is 1.41. The number of piperidine rings is 1. The average molecular weight is 520 g/mol. The molecule has 0 spiro atoms. The molecule has 0 unspecified atom stereocenters. The molecule has 10 nitrogen and oxygen atoms in total. The number of nitrogens with one attached hydrogen (secondary N) is 1. The number of fused-ring (bicyclic) bond motifs is 2. The van der Waals surface area contributed by atoms with E-state index in [1.807, 2.05) is 0 Å². The van der Waals surface area contributed by atoms with Crippen LogP contribution in [-0.2, 0) is 16.1 Å². The highest BCUT2D eigenvalue weighted by atomic mass is 19.4. The van der Waals surface area contributed by atoms with Gasteiger partial charge >= 0.3 is 6.36 Å². The third-order valence-corrected chi connectivity index (χ3v) is 6.43. The molecule has 3 N–H and O–H groups in total. The second-order valence-corrected chi connectivity index (χ2v) is 8.98. The van der Waals surface area contributed by atoms with Crippen LogP contribution in [0.15, 0.2) is 30.5 Å². The molecule has 1 saturated heterocycles. The number of aryl methyl sites for hydroxylation is 1. The minimum atomic E-state index is -5.11. The Morgan fingerprint density at radius 1 is 1.24 bits per heavy atom. The zero-order valence-electron chi connectivity index (χ0n) is 19.3. The van der Waals surface area contributed by atoms with Crippen molar-refractivity contribution in [3.63, 3.8) is 0 Å². The molecule has 3 aromatic rings. The number of anilines is 1. The first-order chi connectivity index (χ1) is 17.4. The third kappa shape index (κ3) is 4.66. The lowest BCUT2D eigenvalue weighted by molar-refractivity contribution is -0.275. The van der Waals surface area contributed by atoms with E-state index in [1.54, 1.807) is 13.0 Å². The van der Waals surface area contributed by atoms with Crippen LogP contribution in [0.5, 0.6) is 5.75 Å². The zero-order chi connectivity index (χ0) is 26.6. The normalized spacial score (nSPS) is 20.6. The number of aromatic nitrogens is 3. The predicted molar refractivity (Wildman–Crippen MR) is 120 cm³/mol. The molecule has 2 aliphatic rings. The molecule has 3 atom stereocenters. The Hall–Kier alpha value is -4.23. The summed E-state index contributed by atoms with van der Waals surface area (Å²) in [5, 5.41) is 6.88. The van der Waals surface area contributed by atoms with Crippen molar-refractivity contribution in [2.24, 2.45) is 11.7 Å². The number of likely N-dealkylation sites (tertiary alicyclic amines) is 1. The van der Waals surface area contributed by atoms with Crippen molar-refractivity contribution in [2.45, 2.75) is 44.8 Å². The number of pyridine rings is 1. The van der Waals surface area contributed by atoms with Gasteiger partial charge < -0.3 is 20.7 Å². The molecule has 2 aromatic heterocycles. The number of primary amides is 1. The van der Waals surface area contributed by atoms with E-state index in [-0.39, 0.29) is 24.2 Å². The third-order valence-electron chi connectivity index (χ3n) is 6.43. The predicted octanol–water partition coefficient (Wildman–Crippen LogP) is 2.50. The van der Waals surface area contributed by atoms with E-state index < -0.39 is 47.4 Å². The molecule has 3 amide bonds. The summed E-state index contributed by atoms with van der Waals surface area (Å²) in [7, 11) is 0. The van der Waals surface area contributed by atoms with Gasteiger partial charge in [-0.1, -0.05) is 6.07 Å². The summed E-state index contributed by atoms with van der Waals surface area (Å²) in [4.78, 5) is 43.7. The van der Waals surface area contributed by atoms with Crippen LogP contribution < -0.4 is 15.8 Å². The highest BCUT2D eigenvalue weighted by Crippen LogP contribution is 2.48. The molecule has 194 valence electrons. The molecule has 3 heterocycles. The fourth-order valence-electron chi connectivity index (χ4n) is 4.76. The first-order valence-electron chi connectivity index (χ1n) is 11.2. The van der Waals surface area contributed by atoms with E-state index >= 15 is 0 Å². The second kappa shape index (κ2) is 8.71. The van der Waals surface area contributed by atoms with Crippen molar-refractivity contribution in [3.8, 4) is 5.75 Å². The van der Waals surface area contributed by atoms with E-state index in [1.165, 1.54) is 15.8 Å². The van der Waals surface area contributed by atoms with Crippen LogP contribution in [0.4, 0.5) is 23.2 Å². The largest absolute Gasteiger partial charge is 0.573 e. The fourth-order valence-corrected chi connectivity index (χ4v) is 4.76. The molecular weight excluding hydrogens is 500 g/mol. The number of benzene rings is 1. The topological polar surface area (TPSA) is 132 Å². The molecule has 1 aliphatic carbocycles. The first kappa shape index (κ1) is 24.5. The number of hydrogen-bond donors (Lipinski definition) is 2. The number of nitrogens with zero attached hydrogens (tertiary/aromatic N) is 4. The van der Waals surface area contributed by atoms with Crippen LogP contribution in [0.2, 0.25) is 0 Å². The van der Waals surface area contributed by atoms with Gasteiger partial charge in [0.05, 0.1) is 17.4 Å². The highest BCUT2D eigenvalue weighted by molar-refractivity contribution is 6.04. The van der Waals surface area contributed by atoms with Crippen molar-refractivity contribution < 1.29 is 36.7 Å². The molecular formula is C23H20F4N6O4. The Balaban J connectivity index is 1.36. The Bertz CT molecular complexity index is 1440. The Morgan fingerprint density at radius 3 is 2.70 bits per heavy atom. The minimum absolute atomic E-state index is 0.0234. The standard InChI is InChI=1S/C23H20F4N6O4/c1-10-5-12-16(8-29-10)32(31-20(12)21(28)35)9-18(34)33-14-6-11(14)7-15(33)22(36)30-13-3-2-4-17(19(13)24)37-23(25,26)27/h2-5,8,11,14-15H,6-7,9H2,1H3,(H2,28,35)(H,30,36)/t11-,14-,15+/m1/s1. The van der Waals surface area contributed by atoms with Gasteiger partial charge in [-0.15, -0.1) is 13.2 Å². The van der Waals surface area contributed by atoms with Crippen molar-refractivity contribution in [1.82, 2.24) is 19.7 Å². The lowest BCUT2D eigenvalue weighted by Gasteiger charge is -2.27. The van der Waals surface area contributed by atoms with Gasteiger partial charge in [0.15, 0.2) is 17.3 Å².